The Morgan fingerprint density at radius 2 is 2.14 bits per heavy atom. The Morgan fingerprint density at radius 3 is 2.67 bits per heavy atom. The number of hydrogen-bond acceptors (Lipinski definition) is 3. The van der Waals surface area contributed by atoms with Gasteiger partial charge in [0.2, 0.25) is 0 Å². The highest BCUT2D eigenvalue weighted by Crippen LogP contribution is 2.33. The standard InChI is InChI=1S/C14H15BrClNO4/c1-14(13(20)21)4-5-17(7-14)12(19)11(18)8-2-3-10(16)9(15)6-8/h2-3,6,11,18H,4-5,7H2,1H3,(H,20,21). The molecule has 1 aromatic carbocycles. The summed E-state index contributed by atoms with van der Waals surface area (Å²) in [5, 5.41) is 19.8. The summed E-state index contributed by atoms with van der Waals surface area (Å²) in [6.45, 7) is 2.04. The van der Waals surface area contributed by atoms with Crippen molar-refractivity contribution in [1.29, 1.82) is 0 Å². The van der Waals surface area contributed by atoms with Crippen LogP contribution in [0.1, 0.15) is 25.0 Å². The minimum atomic E-state index is -1.32. The quantitative estimate of drug-likeness (QED) is 0.849. The van der Waals surface area contributed by atoms with Gasteiger partial charge in [0, 0.05) is 17.6 Å². The fourth-order valence-electron chi connectivity index (χ4n) is 2.32. The van der Waals surface area contributed by atoms with Crippen LogP contribution in [0.3, 0.4) is 0 Å². The third kappa shape index (κ3) is 3.22. The number of aliphatic carboxylic acids is 1. The number of likely N-dealkylation sites (tertiary alicyclic amines) is 1. The van der Waals surface area contributed by atoms with Gasteiger partial charge >= 0.3 is 5.97 Å². The number of halogens is 2. The average Bonchev–Trinajstić information content (AvgIpc) is 2.84. The number of carbonyl (C=O) groups is 2. The van der Waals surface area contributed by atoms with Crippen LogP contribution in [0.25, 0.3) is 0 Å². The highest BCUT2D eigenvalue weighted by Gasteiger charge is 2.43. The normalized spacial score (nSPS) is 23.1. The summed E-state index contributed by atoms with van der Waals surface area (Å²) in [4.78, 5) is 24.9. The average molecular weight is 377 g/mol. The van der Waals surface area contributed by atoms with Crippen molar-refractivity contribution < 1.29 is 19.8 Å². The predicted molar refractivity (Wildman–Crippen MR) is 81.1 cm³/mol. The molecule has 1 aliphatic rings. The predicted octanol–water partition coefficient (Wildman–Crippen LogP) is 2.46. The third-order valence-electron chi connectivity index (χ3n) is 3.79. The molecule has 1 heterocycles. The first-order valence-corrected chi connectivity index (χ1v) is 7.57. The van der Waals surface area contributed by atoms with E-state index in [1.165, 1.54) is 4.90 Å². The van der Waals surface area contributed by atoms with E-state index in [-0.39, 0.29) is 6.54 Å². The van der Waals surface area contributed by atoms with Gasteiger partial charge in [-0.3, -0.25) is 9.59 Å². The Morgan fingerprint density at radius 1 is 1.48 bits per heavy atom. The van der Waals surface area contributed by atoms with Crippen molar-refractivity contribution in [3.8, 4) is 0 Å². The summed E-state index contributed by atoms with van der Waals surface area (Å²) in [7, 11) is 0. The van der Waals surface area contributed by atoms with E-state index in [1.807, 2.05) is 0 Å². The second kappa shape index (κ2) is 5.94. The lowest BCUT2D eigenvalue weighted by Gasteiger charge is -2.22. The molecule has 2 N–H and O–H groups in total. The number of aliphatic hydroxyl groups excluding tert-OH is 1. The van der Waals surface area contributed by atoms with Crippen LogP contribution in [0.4, 0.5) is 0 Å². The minimum Gasteiger partial charge on any atom is -0.481 e. The molecule has 1 fully saturated rings. The molecule has 114 valence electrons. The molecule has 2 unspecified atom stereocenters. The highest BCUT2D eigenvalue weighted by atomic mass is 79.9. The zero-order valence-corrected chi connectivity index (χ0v) is 13.7. The monoisotopic (exact) mass is 375 g/mol. The summed E-state index contributed by atoms with van der Waals surface area (Å²) >= 11 is 9.11. The number of amides is 1. The molecule has 0 radical (unpaired) electrons. The van der Waals surface area contributed by atoms with Gasteiger partial charge in [0.15, 0.2) is 6.10 Å². The number of benzene rings is 1. The Hall–Kier alpha value is -1.11. The van der Waals surface area contributed by atoms with Gasteiger partial charge in [-0.05, 0) is 47.0 Å². The van der Waals surface area contributed by atoms with Gasteiger partial charge in [-0.25, -0.2) is 0 Å². The van der Waals surface area contributed by atoms with E-state index in [0.29, 0.717) is 28.0 Å². The molecule has 7 heteroatoms. The molecule has 2 atom stereocenters. The molecule has 1 saturated heterocycles. The van der Waals surface area contributed by atoms with E-state index in [9.17, 15) is 19.8 Å². The lowest BCUT2D eigenvalue weighted by Crippen LogP contribution is -2.37. The molecular weight excluding hydrogens is 362 g/mol. The second-order valence-electron chi connectivity index (χ2n) is 5.45. The Bertz CT molecular complexity index is 594. The molecule has 0 spiro atoms. The van der Waals surface area contributed by atoms with Crippen LogP contribution in [0, 0.1) is 5.41 Å². The largest absolute Gasteiger partial charge is 0.481 e. The summed E-state index contributed by atoms with van der Waals surface area (Å²) in [6.07, 6.45) is -0.944. The van der Waals surface area contributed by atoms with Crippen LogP contribution in [-0.4, -0.2) is 40.1 Å². The van der Waals surface area contributed by atoms with Crippen LogP contribution < -0.4 is 0 Å². The minimum absolute atomic E-state index is 0.104. The molecular formula is C14H15BrClNO4. The van der Waals surface area contributed by atoms with Gasteiger partial charge in [0.05, 0.1) is 10.4 Å². The summed E-state index contributed by atoms with van der Waals surface area (Å²) < 4.78 is 0.588. The van der Waals surface area contributed by atoms with Crippen LogP contribution in [0.15, 0.2) is 22.7 Å². The van der Waals surface area contributed by atoms with Crippen molar-refractivity contribution in [2.45, 2.75) is 19.4 Å². The van der Waals surface area contributed by atoms with Crippen molar-refractivity contribution in [1.82, 2.24) is 4.90 Å². The number of hydrogen-bond donors (Lipinski definition) is 2. The van der Waals surface area contributed by atoms with E-state index in [0.717, 1.165) is 0 Å². The van der Waals surface area contributed by atoms with Crippen LogP contribution in [0.5, 0.6) is 0 Å². The molecule has 1 aliphatic heterocycles. The van der Waals surface area contributed by atoms with Gasteiger partial charge < -0.3 is 15.1 Å². The Kier molecular flexibility index (Phi) is 4.60. The van der Waals surface area contributed by atoms with Crippen LogP contribution >= 0.6 is 27.5 Å². The molecule has 1 aromatic rings. The zero-order valence-electron chi connectivity index (χ0n) is 11.3. The van der Waals surface area contributed by atoms with Gasteiger partial charge in [0.1, 0.15) is 0 Å². The molecule has 5 nitrogen and oxygen atoms in total. The number of carbonyl (C=O) groups excluding carboxylic acids is 1. The van der Waals surface area contributed by atoms with Gasteiger partial charge in [-0.1, -0.05) is 17.7 Å². The van der Waals surface area contributed by atoms with Crippen molar-refractivity contribution >= 4 is 39.4 Å². The summed E-state index contributed by atoms with van der Waals surface area (Å²) in [5.74, 6) is -1.42. The van der Waals surface area contributed by atoms with E-state index >= 15 is 0 Å². The van der Waals surface area contributed by atoms with Crippen molar-refractivity contribution in [3.05, 3.63) is 33.3 Å². The van der Waals surface area contributed by atoms with Gasteiger partial charge in [0.25, 0.3) is 5.91 Å². The molecule has 1 amide bonds. The fourth-order valence-corrected chi connectivity index (χ4v) is 2.84. The smallest absolute Gasteiger partial charge is 0.311 e. The van der Waals surface area contributed by atoms with E-state index in [2.05, 4.69) is 15.9 Å². The van der Waals surface area contributed by atoms with E-state index < -0.39 is 23.4 Å². The third-order valence-corrected chi connectivity index (χ3v) is 5.01. The maximum atomic E-state index is 12.3. The second-order valence-corrected chi connectivity index (χ2v) is 6.71. The van der Waals surface area contributed by atoms with Gasteiger partial charge in [-0.15, -0.1) is 0 Å². The number of rotatable bonds is 3. The van der Waals surface area contributed by atoms with Crippen molar-refractivity contribution in [3.63, 3.8) is 0 Å². The number of carboxylic acid groups (broad SMARTS) is 1. The van der Waals surface area contributed by atoms with Crippen molar-refractivity contribution in [2.75, 3.05) is 13.1 Å². The molecule has 0 aliphatic carbocycles. The topological polar surface area (TPSA) is 77.8 Å². The van der Waals surface area contributed by atoms with E-state index in [4.69, 9.17) is 11.6 Å². The first-order valence-electron chi connectivity index (χ1n) is 6.40. The van der Waals surface area contributed by atoms with E-state index in [1.54, 1.807) is 25.1 Å². The number of carboxylic acids is 1. The molecule has 2 rings (SSSR count). The van der Waals surface area contributed by atoms with Crippen LogP contribution in [-0.2, 0) is 9.59 Å². The zero-order chi connectivity index (χ0) is 15.8. The maximum absolute atomic E-state index is 12.3. The highest BCUT2D eigenvalue weighted by molar-refractivity contribution is 9.10. The first kappa shape index (κ1) is 16.3. The van der Waals surface area contributed by atoms with Gasteiger partial charge in [-0.2, -0.15) is 0 Å². The molecule has 0 bridgehead atoms. The number of aliphatic hydroxyl groups is 1. The Labute approximate surface area is 135 Å². The van der Waals surface area contributed by atoms with Crippen molar-refractivity contribution in [2.24, 2.45) is 5.41 Å². The Balaban J connectivity index is 2.13. The first-order chi connectivity index (χ1) is 9.74. The molecule has 0 saturated carbocycles. The lowest BCUT2D eigenvalue weighted by atomic mass is 9.90. The lowest BCUT2D eigenvalue weighted by molar-refractivity contribution is -0.148. The SMILES string of the molecule is CC1(C(=O)O)CCN(C(=O)C(O)c2ccc(Cl)c(Br)c2)C1. The number of nitrogens with zero attached hydrogens (tertiary/aromatic N) is 1. The molecule has 21 heavy (non-hydrogen) atoms. The summed E-state index contributed by atoms with van der Waals surface area (Å²) in [5.41, 5.74) is -0.532. The molecule has 0 aromatic heterocycles. The fraction of sp³-hybridized carbons (Fsp3) is 0.429. The summed E-state index contributed by atoms with van der Waals surface area (Å²) in [6, 6.07) is 4.74. The maximum Gasteiger partial charge on any atom is 0.311 e. The van der Waals surface area contributed by atoms with Crippen LogP contribution in [0.2, 0.25) is 5.02 Å².